The van der Waals surface area contributed by atoms with Crippen LogP contribution < -0.4 is 54.1 Å². The van der Waals surface area contributed by atoms with Gasteiger partial charge in [-0.15, -0.1) is 12.2 Å². The Morgan fingerprint density at radius 3 is 0.794 bits per heavy atom. The van der Waals surface area contributed by atoms with E-state index in [1.807, 2.05) is 13.8 Å². The number of hydrogen-bond acceptors (Lipinski definition) is 20. The van der Waals surface area contributed by atoms with Crippen molar-refractivity contribution in [2.24, 2.45) is 20.0 Å². The third kappa shape index (κ3) is 58.3. The largest absolute Gasteiger partial charge is 2.00 e. The van der Waals surface area contributed by atoms with Gasteiger partial charge in [-0.05, 0) is 73.4 Å². The molecule has 20 nitrogen and oxygen atoms in total. The number of isothiocyanates is 3. The number of aryl methyl sites for hydroxylation is 2. The molecule has 4 bridgehead atoms. The number of nitrogens with zero attached hydrogens (tertiary/aromatic N) is 7. The summed E-state index contributed by atoms with van der Waals surface area (Å²) in [5, 5.41) is 123. The van der Waals surface area contributed by atoms with Gasteiger partial charge in [0.25, 0.3) is 0 Å². The van der Waals surface area contributed by atoms with Crippen molar-refractivity contribution in [1.82, 2.24) is 21.3 Å². The molecule has 0 radical (unpaired) electrons. The number of nitrogens with one attached hydrogen (secondary N) is 4. The number of thiocarbonyl (C=S) groups is 3. The van der Waals surface area contributed by atoms with E-state index in [4.69, 9.17) is 41.8 Å². The molecule has 3 rings (SSSR count). The van der Waals surface area contributed by atoms with Crippen LogP contribution in [0.15, 0.2) is 44.2 Å². The molecule has 9 N–H and O–H groups in total. The standard InChI is InChI=1S/C32H46N8O4.3CNS.5CH4O.ClH.4Ni/c1-23-11-25-15-33-3-7-37-19-29(41)21-39-9-5-35-17-27-13-24(2)14-28(32(27)44)18-36-6-10-40-22-30(42)20-38-8-4-34-16-26(12-23)31(25)43;3*2-1-3;5*1-2;;;;;/h11-18,29-30,37-40,43-44H,3-10,19-22H2,1-2H3;;;;5*2H,1H3;1H;;;;/q-2;3*-1;;;;;;;4*+2/p-3. The monoisotopic (exact) mass is 1210 g/mol. The Balaban J connectivity index is -0.000000132. The van der Waals surface area contributed by atoms with E-state index >= 15 is 0 Å². The summed E-state index contributed by atoms with van der Waals surface area (Å²) in [6, 6.07) is 7.17. The topological polar surface area (TPSA) is 358 Å². The van der Waals surface area contributed by atoms with Crippen LogP contribution in [0.4, 0.5) is 0 Å². The second-order valence-electron chi connectivity index (χ2n) is 11.0. The van der Waals surface area contributed by atoms with Crippen molar-refractivity contribution in [2.45, 2.75) is 26.1 Å². The minimum Gasteiger partial charge on any atom is -1.00 e. The molecule has 2 aromatic carbocycles. The van der Waals surface area contributed by atoms with Crippen LogP contribution in [-0.2, 0) is 66.0 Å². The summed E-state index contributed by atoms with van der Waals surface area (Å²) >= 11 is 11.1. The zero-order valence-corrected chi connectivity index (χ0v) is 45.8. The number of rotatable bonds is 0. The zero-order valence-electron chi connectivity index (χ0n) is 38.6. The van der Waals surface area contributed by atoms with E-state index in [1.165, 1.54) is 15.5 Å². The van der Waals surface area contributed by atoms with E-state index in [0.29, 0.717) is 74.6 Å². The molecule has 0 fully saturated rings. The number of aliphatic imine (C=N–C) groups is 4. The van der Waals surface area contributed by atoms with Crippen LogP contribution in [0, 0.1) is 13.8 Å². The summed E-state index contributed by atoms with van der Waals surface area (Å²) in [6.07, 6.45) is 4.61. The fraction of sp³-hybridized carbons (Fsp3) is 0.525. The zero-order chi connectivity index (χ0) is 49.7. The summed E-state index contributed by atoms with van der Waals surface area (Å²) < 4.78 is 0. The Kier molecular flexibility index (Phi) is 104. The third-order valence-corrected chi connectivity index (χ3v) is 6.66. The van der Waals surface area contributed by atoms with Crippen LogP contribution in [0.25, 0.3) is 16.2 Å². The summed E-state index contributed by atoms with van der Waals surface area (Å²) in [4.78, 5) is 17.4. The molecule has 398 valence electrons. The number of benzene rings is 2. The Hall–Kier alpha value is -2.06. The Labute approximate surface area is 464 Å². The number of aliphatic hydroxyl groups excluding tert-OH is 5. The van der Waals surface area contributed by atoms with Crippen LogP contribution in [0.1, 0.15) is 33.4 Å². The molecule has 0 unspecified atom stereocenters. The van der Waals surface area contributed by atoms with E-state index in [2.05, 4.69) is 77.9 Å². The van der Waals surface area contributed by atoms with E-state index in [-0.39, 0.29) is 116 Å². The smallest absolute Gasteiger partial charge is 1.00 e. The fourth-order valence-electron chi connectivity index (χ4n) is 4.47. The van der Waals surface area contributed by atoms with Gasteiger partial charge in [0, 0.05) is 86.6 Å². The molecule has 2 aromatic rings. The SMILES string of the molecule is CO.CO.CO.CO.CO.Cc1cc2c([O-])c(c1)C=NCCNCC([O-])CNCCN=Cc1cc(C)cc(c1[O-])C=NCCNCC([O-])CNCCN=C2.[Cl-].[N-]=C=S.[N-]=C=S.[N-]=C=S.[Ni+2].[Ni+2].[Ni+2].[Ni+2]. The second kappa shape index (κ2) is 76.4. The quantitative estimate of drug-likeness (QED) is 0.0676. The molecular formula is C40H64ClN11Ni4O9S3. The third-order valence-electron chi connectivity index (χ3n) is 6.66. The fourth-order valence-corrected chi connectivity index (χ4v) is 4.47. The first-order chi connectivity index (χ1) is 30.6. The van der Waals surface area contributed by atoms with Crippen LogP contribution in [0.3, 0.4) is 0 Å². The maximum atomic E-state index is 12.8. The number of fused-ring (bicyclic) bond motifs is 4. The van der Waals surface area contributed by atoms with Crippen LogP contribution in [-0.4, -0.2) is 192 Å². The van der Waals surface area contributed by atoms with E-state index < -0.39 is 12.2 Å². The molecule has 0 spiro atoms. The van der Waals surface area contributed by atoms with Gasteiger partial charge in [-0.25, -0.2) is 0 Å². The van der Waals surface area contributed by atoms with Gasteiger partial charge in [0.05, 0.1) is 26.2 Å². The van der Waals surface area contributed by atoms with Gasteiger partial charge in [-0.2, -0.15) is 15.5 Å². The first-order valence-corrected chi connectivity index (χ1v) is 19.8. The molecular weight excluding hydrogens is 1140 g/mol. The van der Waals surface area contributed by atoms with Gasteiger partial charge in [0.1, 0.15) is 0 Å². The van der Waals surface area contributed by atoms with E-state index in [1.54, 1.807) is 49.1 Å². The summed E-state index contributed by atoms with van der Waals surface area (Å²) in [5.41, 5.74) is 3.83. The van der Waals surface area contributed by atoms with Gasteiger partial charge >= 0.3 is 66.0 Å². The predicted molar refractivity (Wildman–Crippen MR) is 259 cm³/mol. The average Bonchev–Trinajstić information content (AvgIpc) is 3.29. The van der Waals surface area contributed by atoms with Gasteiger partial charge in [-0.3, -0.25) is 20.0 Å². The van der Waals surface area contributed by atoms with Crippen molar-refractivity contribution in [3.8, 4) is 11.5 Å². The van der Waals surface area contributed by atoms with E-state index in [0.717, 1.165) is 46.7 Å². The van der Waals surface area contributed by atoms with Crippen molar-refractivity contribution < 1.29 is 124 Å². The van der Waals surface area contributed by atoms with Gasteiger partial charge in [-0.1, -0.05) is 72.4 Å². The molecule has 0 amide bonds. The van der Waals surface area contributed by atoms with Crippen LogP contribution in [0.5, 0.6) is 11.5 Å². The summed E-state index contributed by atoms with van der Waals surface area (Å²) in [5.74, 6) is -0.284. The van der Waals surface area contributed by atoms with Gasteiger partial charge in [0.2, 0.25) is 0 Å². The van der Waals surface area contributed by atoms with Crippen molar-refractivity contribution in [2.75, 3.05) is 114 Å². The molecule has 0 saturated heterocycles. The molecule has 1 heterocycles. The maximum absolute atomic E-state index is 12.8. The Bertz CT molecular complexity index is 1410. The average molecular weight is 1210 g/mol. The molecule has 68 heavy (non-hydrogen) atoms. The minimum atomic E-state index is -0.831. The maximum Gasteiger partial charge on any atom is 2.00 e. The minimum absolute atomic E-state index is 0. The summed E-state index contributed by atoms with van der Waals surface area (Å²) in [7, 11) is 5.00. The second-order valence-corrected chi connectivity index (χ2v) is 11.6. The van der Waals surface area contributed by atoms with Crippen LogP contribution >= 0.6 is 36.7 Å². The molecule has 0 atom stereocenters. The normalized spacial score (nSPS) is 14.3. The van der Waals surface area contributed by atoms with Crippen molar-refractivity contribution >= 4 is 77.0 Å². The first-order valence-electron chi connectivity index (χ1n) is 18.6. The molecule has 1 aliphatic heterocycles. The van der Waals surface area contributed by atoms with Gasteiger partial charge < -0.3 is 95.9 Å². The van der Waals surface area contributed by atoms with E-state index in [9.17, 15) is 20.4 Å². The number of halogens is 1. The molecule has 0 aliphatic carbocycles. The van der Waals surface area contributed by atoms with Crippen molar-refractivity contribution in [3.63, 3.8) is 0 Å². The molecule has 1 aliphatic rings. The first kappa shape index (κ1) is 92.1. The molecule has 28 heteroatoms. The molecule has 0 aromatic heterocycles. The Morgan fingerprint density at radius 1 is 0.471 bits per heavy atom. The van der Waals surface area contributed by atoms with Crippen LogP contribution in [0.2, 0.25) is 0 Å². The van der Waals surface area contributed by atoms with Crippen molar-refractivity contribution in [1.29, 1.82) is 0 Å². The van der Waals surface area contributed by atoms with Crippen molar-refractivity contribution in [3.05, 3.63) is 73.9 Å². The number of aliphatic hydroxyl groups is 5. The Morgan fingerprint density at radius 2 is 0.632 bits per heavy atom. The number of hydrogen-bond donors (Lipinski definition) is 9. The predicted octanol–water partition coefficient (Wildman–Crippen LogP) is -5.33. The molecule has 0 saturated carbocycles. The summed E-state index contributed by atoms with van der Waals surface area (Å²) in [6.45, 7) is 8.77. The van der Waals surface area contributed by atoms with Gasteiger partial charge in [0.15, 0.2) is 0 Å².